The average molecular weight is 300 g/mol. The molecule has 0 saturated heterocycles. The van der Waals surface area contributed by atoms with Crippen molar-refractivity contribution in [1.82, 2.24) is 0 Å². The van der Waals surface area contributed by atoms with Gasteiger partial charge < -0.3 is 10.2 Å². The number of ketones is 2. The minimum Gasteiger partial charge on any atom is -0.481 e. The molecule has 0 fully saturated rings. The highest BCUT2D eigenvalue weighted by Crippen LogP contribution is 2.19. The number of allylic oxidation sites excluding steroid dienone is 1. The molecule has 21 heavy (non-hydrogen) atoms. The van der Waals surface area contributed by atoms with Gasteiger partial charge in [0.1, 0.15) is 24.4 Å². The summed E-state index contributed by atoms with van der Waals surface area (Å²) in [5, 5.41) is 16.4. The van der Waals surface area contributed by atoms with Crippen LogP contribution in [0.2, 0.25) is 0 Å². The fraction of sp³-hybridized carbons (Fsp3) is 0.600. The summed E-state index contributed by atoms with van der Waals surface area (Å²) >= 11 is 0. The summed E-state index contributed by atoms with van der Waals surface area (Å²) in [7, 11) is 0. The molecular formula is C15H24O6. The quantitative estimate of drug-likeness (QED) is 0.526. The topological polar surface area (TPSA) is 109 Å². The van der Waals surface area contributed by atoms with Gasteiger partial charge in [0.15, 0.2) is 0 Å². The molecule has 0 aliphatic heterocycles. The van der Waals surface area contributed by atoms with Crippen molar-refractivity contribution >= 4 is 23.5 Å². The van der Waals surface area contributed by atoms with Crippen LogP contribution < -0.4 is 0 Å². The number of carbonyl (C=O) groups is 4. The van der Waals surface area contributed by atoms with E-state index in [-0.39, 0.29) is 36.2 Å². The molecule has 0 aromatic carbocycles. The normalized spacial score (nSPS) is 10.0. The van der Waals surface area contributed by atoms with Crippen LogP contribution in [0.3, 0.4) is 0 Å². The Morgan fingerprint density at radius 3 is 1.71 bits per heavy atom. The summed E-state index contributed by atoms with van der Waals surface area (Å²) in [5.74, 6) is -2.55. The van der Waals surface area contributed by atoms with Gasteiger partial charge >= 0.3 is 11.9 Å². The van der Waals surface area contributed by atoms with Gasteiger partial charge in [-0.25, -0.2) is 0 Å². The van der Waals surface area contributed by atoms with Gasteiger partial charge in [0.25, 0.3) is 0 Å². The van der Waals surface area contributed by atoms with E-state index in [1.807, 2.05) is 20.8 Å². The molecule has 0 aliphatic carbocycles. The molecule has 0 radical (unpaired) electrons. The van der Waals surface area contributed by atoms with E-state index in [9.17, 15) is 19.2 Å². The summed E-state index contributed by atoms with van der Waals surface area (Å²) in [6.07, 6.45) is 2.06. The van der Waals surface area contributed by atoms with Gasteiger partial charge in [0.05, 0.1) is 0 Å². The van der Waals surface area contributed by atoms with Gasteiger partial charge in [-0.15, -0.1) is 6.58 Å². The lowest BCUT2D eigenvalue weighted by Gasteiger charge is -2.15. The largest absolute Gasteiger partial charge is 0.481 e. The lowest BCUT2D eigenvalue weighted by atomic mass is 9.89. The molecule has 0 aromatic heterocycles. The predicted octanol–water partition coefficient (Wildman–Crippen LogP) is 2.46. The van der Waals surface area contributed by atoms with Crippen LogP contribution in [0.15, 0.2) is 12.7 Å². The van der Waals surface area contributed by atoms with E-state index < -0.39 is 11.9 Å². The van der Waals surface area contributed by atoms with Crippen molar-refractivity contribution in [3.8, 4) is 0 Å². The zero-order valence-corrected chi connectivity index (χ0v) is 12.8. The monoisotopic (exact) mass is 300 g/mol. The van der Waals surface area contributed by atoms with Crippen molar-refractivity contribution < 1.29 is 29.4 Å². The number of carboxylic acid groups (broad SMARTS) is 2. The Morgan fingerprint density at radius 2 is 1.38 bits per heavy atom. The fourth-order valence-electron chi connectivity index (χ4n) is 1.34. The first kappa shape index (κ1) is 21.3. The third kappa shape index (κ3) is 20.5. The Morgan fingerprint density at radius 1 is 0.952 bits per heavy atom. The Hall–Kier alpha value is -1.98. The van der Waals surface area contributed by atoms with Gasteiger partial charge in [-0.3, -0.25) is 19.2 Å². The van der Waals surface area contributed by atoms with E-state index in [0.29, 0.717) is 12.8 Å². The Balaban J connectivity index is 0. The molecule has 0 bridgehead atoms. The standard InChI is InChI=1S/C8H14O3.C7H10O3/c1-8(2,3)5-6(9)4-7(10)11;1-2-3-4-6(8)5-7(9)10/h4-5H2,1-3H3,(H,10,11);2H,1,3-5H2,(H,9,10). The number of carbonyl (C=O) groups excluding carboxylic acids is 2. The van der Waals surface area contributed by atoms with Crippen LogP contribution in [-0.2, 0) is 19.2 Å². The zero-order chi connectivity index (χ0) is 17.1. The van der Waals surface area contributed by atoms with Crippen molar-refractivity contribution in [2.75, 3.05) is 0 Å². The van der Waals surface area contributed by atoms with Crippen molar-refractivity contribution in [2.45, 2.75) is 52.9 Å². The second kappa shape index (κ2) is 10.8. The first-order chi connectivity index (χ1) is 9.47. The second-order valence-corrected chi connectivity index (χ2v) is 5.78. The number of aliphatic carboxylic acids is 2. The van der Waals surface area contributed by atoms with Crippen molar-refractivity contribution in [1.29, 1.82) is 0 Å². The fourth-order valence-corrected chi connectivity index (χ4v) is 1.34. The first-order valence-electron chi connectivity index (χ1n) is 6.56. The molecule has 0 aliphatic rings. The summed E-state index contributed by atoms with van der Waals surface area (Å²) in [6, 6.07) is 0. The van der Waals surface area contributed by atoms with Gasteiger partial charge in [0, 0.05) is 12.8 Å². The van der Waals surface area contributed by atoms with Crippen LogP contribution >= 0.6 is 0 Å². The minimum atomic E-state index is -1.06. The molecule has 6 nitrogen and oxygen atoms in total. The van der Waals surface area contributed by atoms with E-state index in [1.165, 1.54) is 0 Å². The maximum absolute atomic E-state index is 10.9. The number of carboxylic acids is 2. The van der Waals surface area contributed by atoms with Crippen LogP contribution in [0.25, 0.3) is 0 Å². The summed E-state index contributed by atoms with van der Waals surface area (Å²) < 4.78 is 0. The van der Waals surface area contributed by atoms with Crippen molar-refractivity contribution in [2.24, 2.45) is 5.41 Å². The molecular weight excluding hydrogens is 276 g/mol. The first-order valence-corrected chi connectivity index (χ1v) is 6.56. The summed E-state index contributed by atoms with van der Waals surface area (Å²) in [4.78, 5) is 41.5. The van der Waals surface area contributed by atoms with E-state index in [0.717, 1.165) is 0 Å². The third-order valence-corrected chi connectivity index (χ3v) is 2.05. The summed E-state index contributed by atoms with van der Waals surface area (Å²) in [6.45, 7) is 9.14. The van der Waals surface area contributed by atoms with Gasteiger partial charge in [-0.1, -0.05) is 26.8 Å². The molecule has 0 aromatic rings. The molecule has 0 unspecified atom stereocenters. The second-order valence-electron chi connectivity index (χ2n) is 5.78. The van der Waals surface area contributed by atoms with Crippen LogP contribution in [0, 0.1) is 5.41 Å². The smallest absolute Gasteiger partial charge is 0.310 e. The average Bonchev–Trinajstić information content (AvgIpc) is 2.22. The number of hydrogen-bond donors (Lipinski definition) is 2. The lowest BCUT2D eigenvalue weighted by Crippen LogP contribution is -2.15. The molecule has 0 saturated carbocycles. The maximum atomic E-state index is 10.9. The SMILES string of the molecule is C=CCCC(=O)CC(=O)O.CC(C)(C)CC(=O)CC(=O)O. The van der Waals surface area contributed by atoms with Crippen molar-refractivity contribution in [3.05, 3.63) is 12.7 Å². The number of hydrogen-bond acceptors (Lipinski definition) is 4. The Kier molecular flexibility index (Phi) is 10.9. The Bertz CT molecular complexity index is 389. The van der Waals surface area contributed by atoms with E-state index in [1.54, 1.807) is 6.08 Å². The highest BCUT2D eigenvalue weighted by atomic mass is 16.4. The molecule has 0 heterocycles. The van der Waals surface area contributed by atoms with Gasteiger partial charge in [-0.05, 0) is 11.8 Å². The predicted molar refractivity (Wildman–Crippen MR) is 78.0 cm³/mol. The highest BCUT2D eigenvalue weighted by molar-refractivity contribution is 5.95. The van der Waals surface area contributed by atoms with Gasteiger partial charge in [-0.2, -0.15) is 0 Å². The van der Waals surface area contributed by atoms with Crippen LogP contribution in [0.1, 0.15) is 52.9 Å². The molecule has 0 spiro atoms. The van der Waals surface area contributed by atoms with Gasteiger partial charge in [0.2, 0.25) is 0 Å². The van der Waals surface area contributed by atoms with E-state index >= 15 is 0 Å². The molecule has 0 rings (SSSR count). The molecule has 0 amide bonds. The minimum absolute atomic E-state index is 0.105. The maximum Gasteiger partial charge on any atom is 0.310 e. The van der Waals surface area contributed by atoms with Crippen LogP contribution in [-0.4, -0.2) is 33.7 Å². The third-order valence-electron chi connectivity index (χ3n) is 2.05. The molecule has 0 atom stereocenters. The van der Waals surface area contributed by atoms with E-state index in [2.05, 4.69) is 6.58 Å². The molecule has 120 valence electrons. The van der Waals surface area contributed by atoms with Crippen LogP contribution in [0.5, 0.6) is 0 Å². The Labute approximate surface area is 124 Å². The lowest BCUT2D eigenvalue weighted by molar-refractivity contribution is -0.142. The zero-order valence-electron chi connectivity index (χ0n) is 12.8. The van der Waals surface area contributed by atoms with Crippen LogP contribution in [0.4, 0.5) is 0 Å². The molecule has 2 N–H and O–H groups in total. The number of Topliss-reactive ketones (excluding diaryl/α,β-unsaturated/α-hetero) is 2. The number of rotatable bonds is 8. The molecule has 6 heteroatoms. The van der Waals surface area contributed by atoms with Crippen molar-refractivity contribution in [3.63, 3.8) is 0 Å². The summed E-state index contributed by atoms with van der Waals surface area (Å²) in [5.41, 5.74) is -0.105. The highest BCUT2D eigenvalue weighted by Gasteiger charge is 2.17. The van der Waals surface area contributed by atoms with E-state index in [4.69, 9.17) is 10.2 Å².